The van der Waals surface area contributed by atoms with E-state index in [0.29, 0.717) is 11.3 Å². The van der Waals surface area contributed by atoms with Crippen LogP contribution in [0.15, 0.2) is 24.3 Å². The number of hydrogen-bond donors (Lipinski definition) is 3. The van der Waals surface area contributed by atoms with Crippen LogP contribution in [0.4, 0.5) is 4.79 Å². The Morgan fingerprint density at radius 3 is 2.14 bits per heavy atom. The van der Waals surface area contributed by atoms with E-state index in [2.05, 4.69) is 5.32 Å². The quantitative estimate of drug-likeness (QED) is 0.764. The molecule has 0 aliphatic carbocycles. The second-order valence-corrected chi connectivity index (χ2v) is 5.68. The van der Waals surface area contributed by atoms with Crippen LogP contribution in [0.1, 0.15) is 32.4 Å². The molecule has 2 atom stereocenters. The van der Waals surface area contributed by atoms with Crippen molar-refractivity contribution in [1.29, 1.82) is 0 Å². The summed E-state index contributed by atoms with van der Waals surface area (Å²) >= 11 is 0. The maximum absolute atomic E-state index is 11.8. The summed E-state index contributed by atoms with van der Waals surface area (Å²) in [5.74, 6) is -0.874. The van der Waals surface area contributed by atoms with Crippen molar-refractivity contribution in [2.45, 2.75) is 38.5 Å². The zero-order valence-corrected chi connectivity index (χ0v) is 13.0. The number of carbonyl (C=O) groups excluding carboxylic acids is 1. The average molecular weight is 311 g/mol. The molecule has 3 N–H and O–H groups in total. The predicted octanol–water partition coefficient (Wildman–Crippen LogP) is 1.71. The van der Waals surface area contributed by atoms with Crippen LogP contribution in [0, 0.1) is 0 Å². The van der Waals surface area contributed by atoms with Crippen LogP contribution in [-0.2, 0) is 9.53 Å². The largest absolute Gasteiger partial charge is 0.497 e. The zero-order valence-electron chi connectivity index (χ0n) is 13.0. The van der Waals surface area contributed by atoms with Crippen molar-refractivity contribution in [1.82, 2.24) is 5.32 Å². The third kappa shape index (κ3) is 5.25. The van der Waals surface area contributed by atoms with E-state index in [-0.39, 0.29) is 0 Å². The van der Waals surface area contributed by atoms with Crippen LogP contribution < -0.4 is 10.1 Å². The maximum atomic E-state index is 11.8. The molecule has 0 saturated heterocycles. The summed E-state index contributed by atoms with van der Waals surface area (Å²) in [6, 6.07) is 5.19. The van der Waals surface area contributed by atoms with Crippen molar-refractivity contribution in [2.75, 3.05) is 7.11 Å². The molecule has 1 aromatic carbocycles. The van der Waals surface area contributed by atoms with Crippen LogP contribution in [0.3, 0.4) is 0 Å². The van der Waals surface area contributed by atoms with Gasteiger partial charge in [-0.1, -0.05) is 12.1 Å². The average Bonchev–Trinajstić information content (AvgIpc) is 2.42. The van der Waals surface area contributed by atoms with E-state index in [4.69, 9.17) is 14.6 Å². The lowest BCUT2D eigenvalue weighted by molar-refractivity contribution is -0.148. The van der Waals surface area contributed by atoms with Gasteiger partial charge in [-0.3, -0.25) is 0 Å². The Bertz CT molecular complexity index is 520. The van der Waals surface area contributed by atoms with Gasteiger partial charge in [-0.15, -0.1) is 0 Å². The number of rotatable bonds is 5. The number of carboxylic acids is 1. The van der Waals surface area contributed by atoms with Gasteiger partial charge in [0.2, 0.25) is 0 Å². The highest BCUT2D eigenvalue weighted by Crippen LogP contribution is 2.21. The number of carbonyl (C=O) groups is 2. The first-order valence-corrected chi connectivity index (χ1v) is 6.68. The Hall–Kier alpha value is -2.28. The van der Waals surface area contributed by atoms with Gasteiger partial charge in [-0.05, 0) is 38.5 Å². The van der Waals surface area contributed by atoms with Gasteiger partial charge in [0.1, 0.15) is 11.4 Å². The molecule has 22 heavy (non-hydrogen) atoms. The summed E-state index contributed by atoms with van der Waals surface area (Å²) in [4.78, 5) is 22.9. The van der Waals surface area contributed by atoms with E-state index in [1.54, 1.807) is 45.0 Å². The Morgan fingerprint density at radius 1 is 1.18 bits per heavy atom. The summed E-state index contributed by atoms with van der Waals surface area (Å²) in [6.07, 6.45) is -2.62. The number of aliphatic carboxylic acids is 1. The molecule has 0 aliphatic heterocycles. The molecule has 0 aromatic heterocycles. The van der Waals surface area contributed by atoms with Crippen molar-refractivity contribution >= 4 is 12.1 Å². The Morgan fingerprint density at radius 2 is 1.73 bits per heavy atom. The molecular weight excluding hydrogens is 290 g/mol. The molecule has 0 spiro atoms. The first-order valence-electron chi connectivity index (χ1n) is 6.68. The van der Waals surface area contributed by atoms with E-state index >= 15 is 0 Å². The van der Waals surface area contributed by atoms with Gasteiger partial charge in [0.05, 0.1) is 13.2 Å². The highest BCUT2D eigenvalue weighted by Gasteiger charge is 2.30. The topological polar surface area (TPSA) is 105 Å². The second-order valence-electron chi connectivity index (χ2n) is 5.68. The fraction of sp³-hybridized carbons (Fsp3) is 0.467. The third-order valence-electron chi connectivity index (χ3n) is 2.72. The molecule has 122 valence electrons. The van der Waals surface area contributed by atoms with Gasteiger partial charge >= 0.3 is 12.1 Å². The van der Waals surface area contributed by atoms with Gasteiger partial charge in [0.25, 0.3) is 0 Å². The Kier molecular flexibility index (Phi) is 5.76. The van der Waals surface area contributed by atoms with E-state index in [1.807, 2.05) is 0 Å². The Balaban J connectivity index is 2.97. The van der Waals surface area contributed by atoms with Crippen LogP contribution in [0.25, 0.3) is 0 Å². The molecular formula is C15H21NO6. The molecule has 7 heteroatoms. The maximum Gasteiger partial charge on any atom is 0.408 e. The number of amides is 1. The summed E-state index contributed by atoms with van der Waals surface area (Å²) in [5.41, 5.74) is -0.315. The number of nitrogens with one attached hydrogen (secondary N) is 1. The number of aliphatic hydroxyl groups is 1. The molecule has 1 rings (SSSR count). The fourth-order valence-electron chi connectivity index (χ4n) is 1.73. The number of ether oxygens (including phenoxy) is 2. The molecule has 0 aliphatic rings. The number of alkyl carbamates (subject to hydrolysis) is 1. The van der Waals surface area contributed by atoms with Crippen molar-refractivity contribution in [2.24, 2.45) is 0 Å². The fourth-order valence-corrected chi connectivity index (χ4v) is 1.73. The molecule has 7 nitrogen and oxygen atoms in total. The lowest BCUT2D eigenvalue weighted by atomic mass is 10.0. The highest BCUT2D eigenvalue weighted by molar-refractivity contribution is 5.75. The van der Waals surface area contributed by atoms with Crippen LogP contribution in [0.2, 0.25) is 0 Å². The molecule has 0 fully saturated rings. The summed E-state index contributed by atoms with van der Waals surface area (Å²) in [5, 5.41) is 21.2. The number of benzene rings is 1. The number of aliphatic hydroxyl groups excluding tert-OH is 1. The minimum atomic E-state index is -1.80. The van der Waals surface area contributed by atoms with Crippen molar-refractivity contribution < 1.29 is 29.3 Å². The van der Waals surface area contributed by atoms with Gasteiger partial charge < -0.3 is 25.0 Å². The number of methoxy groups -OCH3 is 1. The minimum absolute atomic E-state index is 0.418. The van der Waals surface area contributed by atoms with Crippen LogP contribution >= 0.6 is 0 Å². The molecule has 0 radical (unpaired) electrons. The van der Waals surface area contributed by atoms with E-state index in [9.17, 15) is 14.7 Å². The predicted molar refractivity (Wildman–Crippen MR) is 78.7 cm³/mol. The van der Waals surface area contributed by atoms with E-state index in [1.165, 1.54) is 7.11 Å². The van der Waals surface area contributed by atoms with Crippen LogP contribution in [-0.4, -0.2) is 41.1 Å². The minimum Gasteiger partial charge on any atom is -0.497 e. The molecule has 0 heterocycles. The number of carboxylic acid groups (broad SMARTS) is 1. The van der Waals surface area contributed by atoms with E-state index < -0.39 is 29.8 Å². The van der Waals surface area contributed by atoms with Crippen molar-refractivity contribution in [3.05, 3.63) is 29.8 Å². The van der Waals surface area contributed by atoms with Gasteiger partial charge in [0.15, 0.2) is 6.10 Å². The van der Waals surface area contributed by atoms with Gasteiger partial charge in [-0.25, -0.2) is 9.59 Å². The van der Waals surface area contributed by atoms with Gasteiger partial charge in [-0.2, -0.15) is 0 Å². The van der Waals surface area contributed by atoms with Crippen LogP contribution in [0.5, 0.6) is 5.75 Å². The third-order valence-corrected chi connectivity index (χ3v) is 2.72. The summed E-state index contributed by atoms with van der Waals surface area (Å²) in [7, 11) is 1.50. The molecule has 0 saturated carbocycles. The lowest BCUT2D eigenvalue weighted by Crippen LogP contribution is -2.42. The Labute approximate surface area is 128 Å². The van der Waals surface area contributed by atoms with E-state index in [0.717, 1.165) is 0 Å². The first-order chi connectivity index (χ1) is 10.1. The smallest absolute Gasteiger partial charge is 0.408 e. The molecule has 0 unspecified atom stereocenters. The molecule has 1 amide bonds. The first kappa shape index (κ1) is 17.8. The second kappa shape index (κ2) is 7.13. The van der Waals surface area contributed by atoms with Crippen molar-refractivity contribution in [3.63, 3.8) is 0 Å². The van der Waals surface area contributed by atoms with Gasteiger partial charge in [0, 0.05) is 0 Å². The SMILES string of the molecule is COc1ccc([C@H](NC(=O)OC(C)(C)C)[C@H](O)C(=O)O)cc1. The summed E-state index contributed by atoms with van der Waals surface area (Å²) < 4.78 is 10.1. The normalized spacial score (nSPS) is 13.9. The standard InChI is InChI=1S/C15H21NO6/c1-15(2,3)22-14(20)16-11(12(17)13(18)19)9-5-7-10(21-4)8-6-9/h5-8,11-12,17H,1-4H3,(H,16,20)(H,18,19)/t11-,12-/m0/s1. The molecule has 1 aromatic rings. The summed E-state index contributed by atoms with van der Waals surface area (Å²) in [6.45, 7) is 5.05. The molecule has 0 bridgehead atoms. The highest BCUT2D eigenvalue weighted by atomic mass is 16.6. The zero-order chi connectivity index (χ0) is 16.9. The monoisotopic (exact) mass is 311 g/mol. The number of hydrogen-bond acceptors (Lipinski definition) is 5. The van der Waals surface area contributed by atoms with Crippen molar-refractivity contribution in [3.8, 4) is 5.75 Å². The lowest BCUT2D eigenvalue weighted by Gasteiger charge is -2.25.